The molecule has 20 heavy (non-hydrogen) atoms. The molecule has 3 atom stereocenters. The van der Waals surface area contributed by atoms with Gasteiger partial charge in [-0.1, -0.05) is 12.2 Å². The van der Waals surface area contributed by atoms with Gasteiger partial charge < -0.3 is 10.4 Å². The molecule has 1 amide bonds. The van der Waals surface area contributed by atoms with Crippen LogP contribution in [0.2, 0.25) is 0 Å². The predicted octanol–water partition coefficient (Wildman–Crippen LogP) is 1.93. The monoisotopic (exact) mass is 274 g/mol. The minimum absolute atomic E-state index is 0.161. The number of carboxylic acids is 1. The van der Waals surface area contributed by atoms with E-state index in [-0.39, 0.29) is 11.9 Å². The fourth-order valence-electron chi connectivity index (χ4n) is 2.43. The number of hydrogen-bond acceptors (Lipinski definition) is 3. The third-order valence-corrected chi connectivity index (χ3v) is 3.65. The highest BCUT2D eigenvalue weighted by atomic mass is 16.4. The Labute approximate surface area is 117 Å². The van der Waals surface area contributed by atoms with E-state index in [2.05, 4.69) is 10.3 Å². The average Bonchev–Trinajstić information content (AvgIpc) is 2.48. The third-order valence-electron chi connectivity index (χ3n) is 3.65. The molecular formula is C15H18N2O3. The molecule has 0 fully saturated rings. The van der Waals surface area contributed by atoms with Crippen LogP contribution in [0.15, 0.2) is 36.7 Å². The Hall–Kier alpha value is -2.17. The summed E-state index contributed by atoms with van der Waals surface area (Å²) in [7, 11) is 0. The largest absolute Gasteiger partial charge is 0.481 e. The zero-order valence-electron chi connectivity index (χ0n) is 11.3. The summed E-state index contributed by atoms with van der Waals surface area (Å²) in [6.07, 6.45) is 7.93. The summed E-state index contributed by atoms with van der Waals surface area (Å²) in [5.41, 5.74) is 0.951. The fraction of sp³-hybridized carbons (Fsp3) is 0.400. The van der Waals surface area contributed by atoms with Crippen LogP contribution in [0.3, 0.4) is 0 Å². The van der Waals surface area contributed by atoms with Crippen LogP contribution in [0.4, 0.5) is 0 Å². The maximum absolute atomic E-state index is 12.3. The van der Waals surface area contributed by atoms with Crippen molar-refractivity contribution in [3.8, 4) is 0 Å². The Bertz CT molecular complexity index is 513. The second kappa shape index (κ2) is 6.32. The van der Waals surface area contributed by atoms with E-state index in [0.717, 1.165) is 5.56 Å². The van der Waals surface area contributed by atoms with Crippen molar-refractivity contribution in [1.29, 1.82) is 0 Å². The summed E-state index contributed by atoms with van der Waals surface area (Å²) in [5.74, 6) is -2.25. The number of amides is 1. The molecule has 1 heterocycles. The van der Waals surface area contributed by atoms with E-state index in [1.807, 2.05) is 31.2 Å². The summed E-state index contributed by atoms with van der Waals surface area (Å²) in [6.45, 7) is 1.88. The Balaban J connectivity index is 2.04. The number of rotatable bonds is 4. The van der Waals surface area contributed by atoms with E-state index in [1.165, 1.54) is 0 Å². The summed E-state index contributed by atoms with van der Waals surface area (Å²) in [4.78, 5) is 27.4. The number of carboxylic acid groups (broad SMARTS) is 1. The second-order valence-electron chi connectivity index (χ2n) is 5.00. The number of nitrogens with zero attached hydrogens (tertiary/aromatic N) is 1. The number of hydrogen-bond donors (Lipinski definition) is 2. The van der Waals surface area contributed by atoms with Gasteiger partial charge in [-0.05, 0) is 37.5 Å². The number of allylic oxidation sites excluding steroid dienone is 2. The van der Waals surface area contributed by atoms with E-state index >= 15 is 0 Å². The van der Waals surface area contributed by atoms with Gasteiger partial charge >= 0.3 is 5.97 Å². The topological polar surface area (TPSA) is 79.3 Å². The van der Waals surface area contributed by atoms with Crippen molar-refractivity contribution >= 4 is 11.9 Å². The smallest absolute Gasteiger partial charge is 0.307 e. The lowest BCUT2D eigenvalue weighted by molar-refractivity contribution is -0.147. The number of aromatic nitrogens is 1. The molecule has 1 aromatic rings. The van der Waals surface area contributed by atoms with Crippen molar-refractivity contribution in [2.24, 2.45) is 11.8 Å². The lowest BCUT2D eigenvalue weighted by Crippen LogP contribution is -2.39. The minimum atomic E-state index is -0.911. The average molecular weight is 274 g/mol. The molecule has 0 spiro atoms. The highest BCUT2D eigenvalue weighted by molar-refractivity contribution is 5.85. The molecule has 5 nitrogen and oxygen atoms in total. The molecule has 0 aliphatic heterocycles. The Morgan fingerprint density at radius 1 is 1.25 bits per heavy atom. The van der Waals surface area contributed by atoms with Gasteiger partial charge in [-0.3, -0.25) is 14.6 Å². The van der Waals surface area contributed by atoms with E-state index in [4.69, 9.17) is 0 Å². The molecule has 2 rings (SSSR count). The Kier molecular flexibility index (Phi) is 4.50. The SMILES string of the molecule is CC(NC(=O)[C@@H]1CC=CC[C@@H]1C(=O)O)c1ccncc1. The van der Waals surface area contributed by atoms with Gasteiger partial charge in [-0.2, -0.15) is 0 Å². The van der Waals surface area contributed by atoms with Crippen LogP contribution in [0.1, 0.15) is 31.4 Å². The van der Waals surface area contributed by atoms with Crippen LogP contribution in [0.25, 0.3) is 0 Å². The quantitative estimate of drug-likeness (QED) is 0.822. The highest BCUT2D eigenvalue weighted by Crippen LogP contribution is 2.26. The van der Waals surface area contributed by atoms with E-state index in [0.29, 0.717) is 12.8 Å². The van der Waals surface area contributed by atoms with E-state index < -0.39 is 17.8 Å². The molecule has 1 aromatic heterocycles. The van der Waals surface area contributed by atoms with Gasteiger partial charge in [0.05, 0.1) is 17.9 Å². The first-order valence-electron chi connectivity index (χ1n) is 6.67. The zero-order chi connectivity index (χ0) is 14.5. The van der Waals surface area contributed by atoms with Crippen molar-refractivity contribution in [2.45, 2.75) is 25.8 Å². The zero-order valence-corrected chi connectivity index (χ0v) is 11.3. The lowest BCUT2D eigenvalue weighted by Gasteiger charge is -2.26. The summed E-state index contributed by atoms with van der Waals surface area (Å²) >= 11 is 0. The van der Waals surface area contributed by atoms with Gasteiger partial charge in [-0.25, -0.2) is 0 Å². The first kappa shape index (κ1) is 14.2. The number of carbonyl (C=O) groups excluding carboxylic acids is 1. The normalized spacial score (nSPS) is 23.1. The van der Waals surface area contributed by atoms with Gasteiger partial charge in [-0.15, -0.1) is 0 Å². The van der Waals surface area contributed by atoms with Crippen LogP contribution in [-0.4, -0.2) is 22.0 Å². The molecule has 0 radical (unpaired) electrons. The lowest BCUT2D eigenvalue weighted by atomic mass is 9.82. The second-order valence-corrected chi connectivity index (χ2v) is 5.00. The highest BCUT2D eigenvalue weighted by Gasteiger charge is 2.34. The molecule has 2 N–H and O–H groups in total. The first-order chi connectivity index (χ1) is 9.59. The minimum Gasteiger partial charge on any atom is -0.481 e. The molecule has 1 unspecified atom stereocenters. The van der Waals surface area contributed by atoms with Gasteiger partial charge in [0, 0.05) is 12.4 Å². The molecule has 0 bridgehead atoms. The van der Waals surface area contributed by atoms with Crippen molar-refractivity contribution in [2.75, 3.05) is 0 Å². The summed E-state index contributed by atoms with van der Waals surface area (Å²) in [6, 6.07) is 3.51. The van der Waals surface area contributed by atoms with Crippen LogP contribution in [0, 0.1) is 11.8 Å². The standard InChI is InChI=1S/C15H18N2O3/c1-10(11-6-8-16-9-7-11)17-14(18)12-4-2-3-5-13(12)15(19)20/h2-3,6-10,12-13H,4-5H2,1H3,(H,17,18)(H,19,20)/t10?,12-,13+/m1/s1. The van der Waals surface area contributed by atoms with Crippen LogP contribution in [0.5, 0.6) is 0 Å². The van der Waals surface area contributed by atoms with Crippen molar-refractivity contribution in [3.05, 3.63) is 42.2 Å². The van der Waals surface area contributed by atoms with Crippen molar-refractivity contribution in [1.82, 2.24) is 10.3 Å². The summed E-state index contributed by atoms with van der Waals surface area (Å²) < 4.78 is 0. The maximum Gasteiger partial charge on any atom is 0.307 e. The fourth-order valence-corrected chi connectivity index (χ4v) is 2.43. The molecule has 5 heteroatoms. The van der Waals surface area contributed by atoms with Gasteiger partial charge in [0.25, 0.3) is 0 Å². The van der Waals surface area contributed by atoms with E-state index in [9.17, 15) is 14.7 Å². The van der Waals surface area contributed by atoms with Crippen molar-refractivity contribution in [3.63, 3.8) is 0 Å². The number of nitrogens with one attached hydrogen (secondary N) is 1. The van der Waals surface area contributed by atoms with Gasteiger partial charge in [0.15, 0.2) is 0 Å². The third kappa shape index (κ3) is 3.23. The van der Waals surface area contributed by atoms with Crippen molar-refractivity contribution < 1.29 is 14.7 Å². The molecular weight excluding hydrogens is 256 g/mol. The number of carbonyl (C=O) groups is 2. The van der Waals surface area contributed by atoms with E-state index in [1.54, 1.807) is 12.4 Å². The Morgan fingerprint density at radius 3 is 2.45 bits per heavy atom. The molecule has 1 aliphatic carbocycles. The van der Waals surface area contributed by atoms with Crippen LogP contribution in [-0.2, 0) is 9.59 Å². The predicted molar refractivity (Wildman–Crippen MR) is 73.8 cm³/mol. The molecule has 0 saturated carbocycles. The molecule has 1 aliphatic rings. The number of aliphatic carboxylic acids is 1. The molecule has 0 saturated heterocycles. The molecule has 106 valence electrons. The number of pyridine rings is 1. The van der Waals surface area contributed by atoms with Crippen LogP contribution >= 0.6 is 0 Å². The van der Waals surface area contributed by atoms with Gasteiger partial charge in [0.1, 0.15) is 0 Å². The van der Waals surface area contributed by atoms with Gasteiger partial charge in [0.2, 0.25) is 5.91 Å². The first-order valence-corrected chi connectivity index (χ1v) is 6.67. The van der Waals surface area contributed by atoms with Crippen LogP contribution < -0.4 is 5.32 Å². The Morgan fingerprint density at radius 2 is 1.85 bits per heavy atom. The maximum atomic E-state index is 12.3. The molecule has 0 aromatic carbocycles. The summed E-state index contributed by atoms with van der Waals surface area (Å²) in [5, 5.41) is 12.1.